The van der Waals surface area contributed by atoms with Crippen LogP contribution in [0.3, 0.4) is 0 Å². The van der Waals surface area contributed by atoms with Gasteiger partial charge >= 0.3 is 12.0 Å². The SMILES string of the molecule is CCOC(=O)C1=C(CN2CCN(S(=O)(=O)c3ccc(Cl)cc3)[C@H](C)C2)N(C)C(=O)N[C@@H]1c1ccccc1Cl. The van der Waals surface area contributed by atoms with Crippen LogP contribution in [0.5, 0.6) is 0 Å². The second kappa shape index (κ2) is 11.6. The zero-order chi connectivity index (χ0) is 27.6. The number of hydrogen-bond donors (Lipinski definition) is 1. The fourth-order valence-corrected chi connectivity index (χ4v) is 6.80. The summed E-state index contributed by atoms with van der Waals surface area (Å²) in [5.41, 5.74) is 1.37. The van der Waals surface area contributed by atoms with Gasteiger partial charge in [-0.3, -0.25) is 9.80 Å². The molecule has 0 aliphatic carbocycles. The molecule has 204 valence electrons. The topological polar surface area (TPSA) is 99.3 Å². The van der Waals surface area contributed by atoms with E-state index in [4.69, 9.17) is 27.9 Å². The molecule has 2 heterocycles. The Balaban J connectivity index is 1.63. The number of nitrogens with zero attached hydrogens (tertiary/aromatic N) is 3. The third-order valence-corrected chi connectivity index (χ3v) is 9.36. The number of hydrogen-bond acceptors (Lipinski definition) is 6. The van der Waals surface area contributed by atoms with Crippen molar-refractivity contribution in [2.75, 3.05) is 39.8 Å². The van der Waals surface area contributed by atoms with Crippen molar-refractivity contribution in [1.29, 1.82) is 0 Å². The maximum atomic E-state index is 13.3. The van der Waals surface area contributed by atoms with E-state index in [1.807, 2.05) is 11.8 Å². The number of nitrogens with one attached hydrogen (secondary N) is 1. The summed E-state index contributed by atoms with van der Waals surface area (Å²) in [6.45, 7) is 5.03. The first-order valence-electron chi connectivity index (χ1n) is 12.2. The summed E-state index contributed by atoms with van der Waals surface area (Å²) in [6, 6.07) is 11.6. The van der Waals surface area contributed by atoms with Crippen LogP contribution in [-0.4, -0.2) is 80.4 Å². The van der Waals surface area contributed by atoms with Gasteiger partial charge < -0.3 is 10.1 Å². The first kappa shape index (κ1) is 28.4. The number of ether oxygens (including phenoxy) is 1. The molecule has 1 N–H and O–H groups in total. The second-order valence-electron chi connectivity index (χ2n) is 9.20. The van der Waals surface area contributed by atoms with E-state index in [1.165, 1.54) is 21.3 Å². The molecule has 4 rings (SSSR count). The highest BCUT2D eigenvalue weighted by atomic mass is 35.5. The minimum Gasteiger partial charge on any atom is -0.463 e. The van der Waals surface area contributed by atoms with E-state index < -0.39 is 22.0 Å². The number of esters is 1. The standard InChI is InChI=1S/C26H30Cl2N4O5S/c1-4-37-25(33)23-22(30(3)26(34)29-24(23)20-7-5-6-8-21(20)28)16-31-13-14-32(17(2)15-31)38(35,36)19-11-9-18(27)10-12-19/h5-12,17,24H,4,13-16H2,1-3H3,(H,29,34)/t17-,24-/m1/s1. The number of likely N-dealkylation sites (N-methyl/N-ethyl adjacent to an activating group) is 1. The minimum absolute atomic E-state index is 0.167. The van der Waals surface area contributed by atoms with Crippen LogP contribution in [0.25, 0.3) is 0 Å². The van der Waals surface area contributed by atoms with Crippen molar-refractivity contribution in [2.24, 2.45) is 0 Å². The van der Waals surface area contributed by atoms with Gasteiger partial charge in [-0.05, 0) is 49.7 Å². The predicted octanol–water partition coefficient (Wildman–Crippen LogP) is 3.90. The van der Waals surface area contributed by atoms with Crippen molar-refractivity contribution < 1.29 is 22.7 Å². The molecule has 2 aromatic rings. The van der Waals surface area contributed by atoms with Gasteiger partial charge in [-0.2, -0.15) is 4.31 Å². The van der Waals surface area contributed by atoms with Crippen molar-refractivity contribution in [1.82, 2.24) is 19.4 Å². The van der Waals surface area contributed by atoms with Crippen LogP contribution >= 0.6 is 23.2 Å². The molecule has 2 aliphatic rings. The highest BCUT2D eigenvalue weighted by Crippen LogP contribution is 2.35. The summed E-state index contributed by atoms with van der Waals surface area (Å²) >= 11 is 12.4. The van der Waals surface area contributed by atoms with E-state index in [1.54, 1.807) is 50.4 Å². The predicted molar refractivity (Wildman–Crippen MR) is 145 cm³/mol. The molecule has 0 unspecified atom stereocenters. The number of piperazine rings is 1. The minimum atomic E-state index is -3.71. The molecular formula is C26H30Cl2N4O5S. The molecule has 2 aliphatic heterocycles. The average Bonchev–Trinajstić information content (AvgIpc) is 2.87. The van der Waals surface area contributed by atoms with Gasteiger partial charge in [0.25, 0.3) is 0 Å². The average molecular weight is 582 g/mol. The Morgan fingerprint density at radius 2 is 1.79 bits per heavy atom. The lowest BCUT2D eigenvalue weighted by Gasteiger charge is -2.41. The quantitative estimate of drug-likeness (QED) is 0.498. The van der Waals surface area contributed by atoms with E-state index in [2.05, 4.69) is 5.32 Å². The van der Waals surface area contributed by atoms with Gasteiger partial charge in [0.15, 0.2) is 0 Å². The van der Waals surface area contributed by atoms with Crippen LogP contribution in [0.15, 0.2) is 64.7 Å². The summed E-state index contributed by atoms with van der Waals surface area (Å²) in [4.78, 5) is 29.8. The van der Waals surface area contributed by atoms with Crippen LogP contribution in [0.1, 0.15) is 25.5 Å². The molecule has 0 saturated carbocycles. The van der Waals surface area contributed by atoms with Crippen molar-refractivity contribution in [3.63, 3.8) is 0 Å². The highest BCUT2D eigenvalue weighted by Gasteiger charge is 2.40. The molecule has 1 fully saturated rings. The normalized spacial score (nSPS) is 21.4. The zero-order valence-electron chi connectivity index (χ0n) is 21.4. The number of rotatable bonds is 7. The number of urea groups is 1. The molecule has 0 bridgehead atoms. The first-order chi connectivity index (χ1) is 18.0. The molecule has 9 nitrogen and oxygen atoms in total. The Morgan fingerprint density at radius 1 is 1.11 bits per heavy atom. The van der Waals surface area contributed by atoms with Gasteiger partial charge in [0.1, 0.15) is 0 Å². The maximum absolute atomic E-state index is 13.3. The summed E-state index contributed by atoms with van der Waals surface area (Å²) in [6.07, 6.45) is 0. The molecule has 38 heavy (non-hydrogen) atoms. The smallest absolute Gasteiger partial charge is 0.338 e. The van der Waals surface area contributed by atoms with Gasteiger partial charge in [-0.1, -0.05) is 41.4 Å². The van der Waals surface area contributed by atoms with Crippen LogP contribution in [0.4, 0.5) is 4.79 Å². The number of benzene rings is 2. The highest BCUT2D eigenvalue weighted by molar-refractivity contribution is 7.89. The molecule has 0 aromatic heterocycles. The summed E-state index contributed by atoms with van der Waals surface area (Å²) in [5.74, 6) is -0.545. The van der Waals surface area contributed by atoms with Gasteiger partial charge in [-0.25, -0.2) is 18.0 Å². The second-order valence-corrected chi connectivity index (χ2v) is 11.9. The maximum Gasteiger partial charge on any atom is 0.338 e. The van der Waals surface area contributed by atoms with Crippen molar-refractivity contribution in [3.8, 4) is 0 Å². The van der Waals surface area contributed by atoms with Crippen LogP contribution in [-0.2, 0) is 19.6 Å². The fraction of sp³-hybridized carbons (Fsp3) is 0.385. The molecule has 12 heteroatoms. The van der Waals surface area contributed by atoms with Gasteiger partial charge in [0.2, 0.25) is 10.0 Å². The van der Waals surface area contributed by atoms with E-state index in [-0.39, 0.29) is 36.7 Å². The molecule has 2 aromatic carbocycles. The Hall–Kier alpha value is -2.63. The summed E-state index contributed by atoms with van der Waals surface area (Å²) in [7, 11) is -2.12. The molecule has 2 atom stereocenters. The van der Waals surface area contributed by atoms with Crippen molar-refractivity contribution in [3.05, 3.63) is 75.4 Å². The zero-order valence-corrected chi connectivity index (χ0v) is 23.7. The number of amides is 2. The lowest BCUT2D eigenvalue weighted by atomic mass is 9.94. The van der Waals surface area contributed by atoms with E-state index >= 15 is 0 Å². The largest absolute Gasteiger partial charge is 0.463 e. The number of halogens is 2. The van der Waals surface area contributed by atoms with E-state index in [9.17, 15) is 18.0 Å². The number of sulfonamides is 1. The van der Waals surface area contributed by atoms with Crippen molar-refractivity contribution in [2.45, 2.75) is 30.8 Å². The van der Waals surface area contributed by atoms with Gasteiger partial charge in [0.05, 0.1) is 23.1 Å². The molecule has 2 amide bonds. The Labute approximate surface area is 233 Å². The summed E-state index contributed by atoms with van der Waals surface area (Å²) < 4.78 is 33.4. The Morgan fingerprint density at radius 3 is 2.42 bits per heavy atom. The number of carbonyl (C=O) groups excluding carboxylic acids is 2. The fourth-order valence-electron chi connectivity index (χ4n) is 4.81. The third kappa shape index (κ3) is 5.69. The monoisotopic (exact) mass is 580 g/mol. The Kier molecular flexibility index (Phi) is 8.68. The lowest BCUT2D eigenvalue weighted by molar-refractivity contribution is -0.139. The summed E-state index contributed by atoms with van der Waals surface area (Å²) in [5, 5.41) is 3.74. The van der Waals surface area contributed by atoms with Crippen LogP contribution in [0.2, 0.25) is 10.0 Å². The Bertz CT molecular complexity index is 1350. The van der Waals surface area contributed by atoms with Crippen molar-refractivity contribution >= 4 is 45.2 Å². The van der Waals surface area contributed by atoms with E-state index in [0.717, 1.165) is 0 Å². The lowest BCUT2D eigenvalue weighted by Crippen LogP contribution is -2.56. The molecule has 0 radical (unpaired) electrons. The first-order valence-corrected chi connectivity index (χ1v) is 14.4. The number of carbonyl (C=O) groups is 2. The molecule has 0 spiro atoms. The third-order valence-electron chi connectivity index (χ3n) is 6.73. The van der Waals surface area contributed by atoms with E-state index in [0.29, 0.717) is 40.0 Å². The van der Waals surface area contributed by atoms with Crippen LogP contribution in [0, 0.1) is 0 Å². The van der Waals surface area contributed by atoms with Crippen LogP contribution < -0.4 is 5.32 Å². The van der Waals surface area contributed by atoms with Gasteiger partial charge in [-0.15, -0.1) is 0 Å². The molecular weight excluding hydrogens is 551 g/mol. The van der Waals surface area contributed by atoms with Gasteiger partial charge in [0, 0.05) is 55.0 Å². The molecule has 1 saturated heterocycles.